The Morgan fingerprint density at radius 3 is 1.81 bits per heavy atom. The first-order valence-electron chi connectivity index (χ1n) is 8.65. The van der Waals surface area contributed by atoms with Crippen LogP contribution < -0.4 is 5.32 Å². The van der Waals surface area contributed by atoms with Crippen LogP contribution in [0.5, 0.6) is 0 Å². The first-order chi connectivity index (χ1) is 12.6. The number of amides is 2. The SMILES string of the molecule is Cc1ccccc1C(=O)NC(=O)CC(c1ccccc1)c1ccccc1. The zero-order valence-electron chi connectivity index (χ0n) is 14.7. The van der Waals surface area contributed by atoms with E-state index in [1.807, 2.05) is 79.7 Å². The van der Waals surface area contributed by atoms with Gasteiger partial charge in [0.1, 0.15) is 0 Å². The highest BCUT2D eigenvalue weighted by atomic mass is 16.2. The van der Waals surface area contributed by atoms with Gasteiger partial charge in [0, 0.05) is 17.9 Å². The average molecular weight is 343 g/mol. The fraction of sp³-hybridized carbons (Fsp3) is 0.130. The van der Waals surface area contributed by atoms with Crippen molar-refractivity contribution >= 4 is 11.8 Å². The Bertz CT molecular complexity index is 849. The molecule has 0 saturated heterocycles. The summed E-state index contributed by atoms with van der Waals surface area (Å²) >= 11 is 0. The molecule has 130 valence electrons. The minimum Gasteiger partial charge on any atom is -0.292 e. The lowest BCUT2D eigenvalue weighted by Gasteiger charge is -2.17. The van der Waals surface area contributed by atoms with E-state index < -0.39 is 0 Å². The molecule has 0 saturated carbocycles. The molecule has 1 N–H and O–H groups in total. The summed E-state index contributed by atoms with van der Waals surface area (Å²) < 4.78 is 0. The van der Waals surface area contributed by atoms with Crippen molar-refractivity contribution in [1.82, 2.24) is 5.32 Å². The van der Waals surface area contributed by atoms with Gasteiger partial charge in [-0.05, 0) is 29.7 Å². The molecule has 0 aliphatic rings. The largest absolute Gasteiger partial charge is 0.292 e. The maximum absolute atomic E-state index is 12.6. The molecule has 3 heteroatoms. The molecule has 3 rings (SSSR count). The first kappa shape index (κ1) is 17.6. The third-order valence-electron chi connectivity index (χ3n) is 4.44. The lowest BCUT2D eigenvalue weighted by atomic mass is 9.88. The quantitative estimate of drug-likeness (QED) is 0.743. The molecule has 2 amide bonds. The smallest absolute Gasteiger partial charge is 0.258 e. The summed E-state index contributed by atoms with van der Waals surface area (Å²) in [6, 6.07) is 27.0. The fourth-order valence-corrected chi connectivity index (χ4v) is 3.06. The van der Waals surface area contributed by atoms with Crippen molar-refractivity contribution in [2.45, 2.75) is 19.3 Å². The summed E-state index contributed by atoms with van der Waals surface area (Å²) in [6.07, 6.45) is 0.214. The summed E-state index contributed by atoms with van der Waals surface area (Å²) in [5.41, 5.74) is 3.48. The van der Waals surface area contributed by atoms with E-state index in [1.54, 1.807) is 12.1 Å². The predicted molar refractivity (Wildman–Crippen MR) is 103 cm³/mol. The molecule has 26 heavy (non-hydrogen) atoms. The van der Waals surface area contributed by atoms with Gasteiger partial charge in [-0.3, -0.25) is 14.9 Å². The first-order valence-corrected chi connectivity index (χ1v) is 8.65. The molecule has 3 aromatic rings. The second kappa shape index (κ2) is 8.26. The van der Waals surface area contributed by atoms with Crippen molar-refractivity contribution in [1.29, 1.82) is 0 Å². The van der Waals surface area contributed by atoms with Gasteiger partial charge in [0.2, 0.25) is 5.91 Å². The van der Waals surface area contributed by atoms with Crippen molar-refractivity contribution in [2.24, 2.45) is 0 Å². The molecule has 0 spiro atoms. The number of hydrogen-bond donors (Lipinski definition) is 1. The van der Waals surface area contributed by atoms with Crippen LogP contribution in [0.4, 0.5) is 0 Å². The second-order valence-corrected chi connectivity index (χ2v) is 6.27. The molecule has 3 nitrogen and oxygen atoms in total. The van der Waals surface area contributed by atoms with E-state index in [0.29, 0.717) is 5.56 Å². The normalized spacial score (nSPS) is 10.5. The van der Waals surface area contributed by atoms with Crippen LogP contribution >= 0.6 is 0 Å². The molecule has 0 unspecified atom stereocenters. The van der Waals surface area contributed by atoms with Gasteiger partial charge in [0.15, 0.2) is 0 Å². The van der Waals surface area contributed by atoms with Gasteiger partial charge in [0.05, 0.1) is 0 Å². The van der Waals surface area contributed by atoms with Gasteiger partial charge >= 0.3 is 0 Å². The van der Waals surface area contributed by atoms with Gasteiger partial charge in [-0.15, -0.1) is 0 Å². The number of benzene rings is 3. The predicted octanol–water partition coefficient (Wildman–Crippen LogP) is 4.47. The molecule has 0 bridgehead atoms. The Balaban J connectivity index is 1.78. The Kier molecular flexibility index (Phi) is 5.59. The van der Waals surface area contributed by atoms with Crippen molar-refractivity contribution in [3.05, 3.63) is 107 Å². The number of rotatable bonds is 5. The van der Waals surface area contributed by atoms with Crippen molar-refractivity contribution in [3.8, 4) is 0 Å². The zero-order valence-corrected chi connectivity index (χ0v) is 14.7. The van der Waals surface area contributed by atoms with E-state index >= 15 is 0 Å². The molecule has 3 aromatic carbocycles. The molecule has 0 aliphatic heterocycles. The third kappa shape index (κ3) is 4.25. The molecule has 0 aromatic heterocycles. The lowest BCUT2D eigenvalue weighted by molar-refractivity contribution is -0.120. The highest BCUT2D eigenvalue weighted by Gasteiger charge is 2.20. The standard InChI is InChI=1S/C23H21NO2/c1-17-10-8-9-15-20(17)23(26)24-22(25)16-21(18-11-4-2-5-12-18)19-13-6-3-7-14-19/h2-15,21H,16H2,1H3,(H,24,25,26). The topological polar surface area (TPSA) is 46.2 Å². The van der Waals surface area contributed by atoms with E-state index in [9.17, 15) is 9.59 Å². The van der Waals surface area contributed by atoms with Gasteiger partial charge < -0.3 is 0 Å². The van der Waals surface area contributed by atoms with Crippen LogP contribution in [0.3, 0.4) is 0 Å². The summed E-state index contributed by atoms with van der Waals surface area (Å²) in [7, 11) is 0. The van der Waals surface area contributed by atoms with Crippen LogP contribution in [0.15, 0.2) is 84.9 Å². The highest BCUT2D eigenvalue weighted by molar-refractivity contribution is 6.05. The van der Waals surface area contributed by atoms with Crippen LogP contribution in [-0.4, -0.2) is 11.8 Å². The average Bonchev–Trinajstić information content (AvgIpc) is 2.68. The molecular weight excluding hydrogens is 322 g/mol. The maximum atomic E-state index is 12.6. The minimum atomic E-state index is -0.354. The lowest BCUT2D eigenvalue weighted by Crippen LogP contribution is -2.32. The number of carbonyl (C=O) groups is 2. The summed E-state index contributed by atoms with van der Waals surface area (Å²) in [4.78, 5) is 25.0. The van der Waals surface area contributed by atoms with Crippen molar-refractivity contribution in [2.75, 3.05) is 0 Å². The maximum Gasteiger partial charge on any atom is 0.258 e. The van der Waals surface area contributed by atoms with E-state index in [2.05, 4.69) is 5.32 Å². The number of imide groups is 1. The Hall–Kier alpha value is -3.20. The van der Waals surface area contributed by atoms with Crippen LogP contribution in [-0.2, 0) is 4.79 Å². The highest BCUT2D eigenvalue weighted by Crippen LogP contribution is 2.27. The fourth-order valence-electron chi connectivity index (χ4n) is 3.06. The Morgan fingerprint density at radius 2 is 1.27 bits per heavy atom. The van der Waals surface area contributed by atoms with Crippen LogP contribution in [0.2, 0.25) is 0 Å². The van der Waals surface area contributed by atoms with Crippen LogP contribution in [0.25, 0.3) is 0 Å². The summed E-state index contributed by atoms with van der Waals surface area (Å²) in [6.45, 7) is 1.86. The van der Waals surface area contributed by atoms with E-state index in [0.717, 1.165) is 16.7 Å². The van der Waals surface area contributed by atoms with Crippen LogP contribution in [0, 0.1) is 6.92 Å². The molecule has 0 heterocycles. The summed E-state index contributed by atoms with van der Waals surface area (Å²) in [5, 5.41) is 2.53. The molecule has 0 atom stereocenters. The van der Waals surface area contributed by atoms with E-state index in [1.165, 1.54) is 0 Å². The number of aryl methyl sites for hydroxylation is 1. The van der Waals surface area contributed by atoms with Crippen LogP contribution in [0.1, 0.15) is 39.4 Å². The van der Waals surface area contributed by atoms with Gasteiger partial charge in [0.25, 0.3) is 5.91 Å². The van der Waals surface area contributed by atoms with Gasteiger partial charge in [-0.2, -0.15) is 0 Å². The Morgan fingerprint density at radius 1 is 0.769 bits per heavy atom. The second-order valence-electron chi connectivity index (χ2n) is 6.27. The molecule has 0 fully saturated rings. The number of carbonyl (C=O) groups excluding carboxylic acids is 2. The van der Waals surface area contributed by atoms with Gasteiger partial charge in [-0.25, -0.2) is 0 Å². The Labute approximate surface area is 153 Å². The van der Waals surface area contributed by atoms with Crippen molar-refractivity contribution in [3.63, 3.8) is 0 Å². The zero-order chi connectivity index (χ0) is 18.4. The molecule has 0 aliphatic carbocycles. The number of hydrogen-bond acceptors (Lipinski definition) is 2. The summed E-state index contributed by atoms with van der Waals surface area (Å²) in [5.74, 6) is -0.731. The third-order valence-corrected chi connectivity index (χ3v) is 4.44. The van der Waals surface area contributed by atoms with Crippen molar-refractivity contribution < 1.29 is 9.59 Å². The minimum absolute atomic E-state index is 0.0953. The van der Waals surface area contributed by atoms with E-state index in [-0.39, 0.29) is 24.2 Å². The number of nitrogens with one attached hydrogen (secondary N) is 1. The molecule has 0 radical (unpaired) electrons. The van der Waals surface area contributed by atoms with E-state index in [4.69, 9.17) is 0 Å². The monoisotopic (exact) mass is 343 g/mol. The molecular formula is C23H21NO2. The van der Waals surface area contributed by atoms with Gasteiger partial charge in [-0.1, -0.05) is 78.9 Å².